The monoisotopic (exact) mass is 237 g/mol. The van der Waals surface area contributed by atoms with Crippen LogP contribution in [0.15, 0.2) is 23.6 Å². The SMILES string of the molecule is Cc1ccc(F)c(-c2nc(C(C)O)cs2)c1. The molecule has 2 aromatic rings. The molecular weight excluding hydrogens is 225 g/mol. The maximum atomic E-state index is 13.6. The zero-order chi connectivity index (χ0) is 11.7. The fraction of sp³-hybridized carbons (Fsp3) is 0.250. The fourth-order valence-electron chi connectivity index (χ4n) is 1.40. The van der Waals surface area contributed by atoms with Gasteiger partial charge in [-0.2, -0.15) is 0 Å². The van der Waals surface area contributed by atoms with E-state index in [-0.39, 0.29) is 5.82 Å². The Hall–Kier alpha value is -1.26. The van der Waals surface area contributed by atoms with Crippen LogP contribution in [0.1, 0.15) is 24.3 Å². The molecule has 0 aliphatic carbocycles. The van der Waals surface area contributed by atoms with Gasteiger partial charge in [0.15, 0.2) is 0 Å². The first-order chi connectivity index (χ1) is 7.58. The molecule has 1 unspecified atom stereocenters. The molecule has 0 aliphatic heterocycles. The molecule has 1 N–H and O–H groups in total. The average molecular weight is 237 g/mol. The summed E-state index contributed by atoms with van der Waals surface area (Å²) in [6.07, 6.45) is -0.613. The molecule has 0 aliphatic rings. The summed E-state index contributed by atoms with van der Waals surface area (Å²) >= 11 is 1.34. The molecule has 84 valence electrons. The van der Waals surface area contributed by atoms with Crippen molar-refractivity contribution >= 4 is 11.3 Å². The van der Waals surface area contributed by atoms with Gasteiger partial charge in [-0.1, -0.05) is 11.6 Å². The van der Waals surface area contributed by atoms with E-state index in [1.54, 1.807) is 24.4 Å². The van der Waals surface area contributed by atoms with Gasteiger partial charge >= 0.3 is 0 Å². The molecule has 4 heteroatoms. The van der Waals surface area contributed by atoms with Gasteiger partial charge in [-0.15, -0.1) is 11.3 Å². The Bertz CT molecular complexity index is 507. The molecule has 0 saturated carbocycles. The summed E-state index contributed by atoms with van der Waals surface area (Å²) in [5.41, 5.74) is 2.07. The quantitative estimate of drug-likeness (QED) is 0.869. The van der Waals surface area contributed by atoms with E-state index in [0.29, 0.717) is 16.3 Å². The van der Waals surface area contributed by atoms with E-state index in [2.05, 4.69) is 4.98 Å². The third-order valence-electron chi connectivity index (χ3n) is 2.30. The first-order valence-corrected chi connectivity index (χ1v) is 5.86. The minimum Gasteiger partial charge on any atom is -0.387 e. The number of nitrogens with zero attached hydrogens (tertiary/aromatic N) is 1. The molecule has 1 aromatic carbocycles. The van der Waals surface area contributed by atoms with Gasteiger partial charge in [0, 0.05) is 10.9 Å². The largest absolute Gasteiger partial charge is 0.387 e. The van der Waals surface area contributed by atoms with Crippen LogP contribution in [0.4, 0.5) is 4.39 Å². The van der Waals surface area contributed by atoms with E-state index >= 15 is 0 Å². The van der Waals surface area contributed by atoms with Crippen molar-refractivity contribution in [2.45, 2.75) is 20.0 Å². The highest BCUT2D eigenvalue weighted by molar-refractivity contribution is 7.13. The summed E-state index contributed by atoms with van der Waals surface area (Å²) in [4.78, 5) is 4.21. The standard InChI is InChI=1S/C12H12FNOS/c1-7-3-4-10(13)9(5-7)12-14-11(6-16-12)8(2)15/h3-6,8,15H,1-2H3. The molecule has 2 nitrogen and oxygen atoms in total. The van der Waals surface area contributed by atoms with E-state index in [1.165, 1.54) is 17.4 Å². The summed E-state index contributed by atoms with van der Waals surface area (Å²) in [6, 6.07) is 4.93. The number of aryl methyl sites for hydroxylation is 1. The van der Waals surface area contributed by atoms with Gasteiger partial charge in [0.1, 0.15) is 10.8 Å². The highest BCUT2D eigenvalue weighted by atomic mass is 32.1. The maximum Gasteiger partial charge on any atom is 0.133 e. The van der Waals surface area contributed by atoms with Crippen LogP contribution in [0.3, 0.4) is 0 Å². The van der Waals surface area contributed by atoms with Crippen molar-refractivity contribution < 1.29 is 9.50 Å². The second-order valence-electron chi connectivity index (χ2n) is 3.74. The van der Waals surface area contributed by atoms with E-state index in [9.17, 15) is 9.50 Å². The van der Waals surface area contributed by atoms with Gasteiger partial charge in [0.2, 0.25) is 0 Å². The number of aliphatic hydroxyl groups excluding tert-OH is 1. The minimum absolute atomic E-state index is 0.280. The van der Waals surface area contributed by atoms with Gasteiger partial charge in [-0.05, 0) is 26.0 Å². The molecule has 0 bridgehead atoms. The number of aromatic nitrogens is 1. The molecular formula is C12H12FNOS. The zero-order valence-electron chi connectivity index (χ0n) is 9.07. The molecule has 0 saturated heterocycles. The smallest absolute Gasteiger partial charge is 0.133 e. The number of halogens is 1. The Morgan fingerprint density at radius 3 is 2.81 bits per heavy atom. The third-order valence-corrected chi connectivity index (χ3v) is 3.20. The lowest BCUT2D eigenvalue weighted by atomic mass is 10.1. The summed E-state index contributed by atoms with van der Waals surface area (Å²) in [7, 11) is 0. The number of hydrogen-bond acceptors (Lipinski definition) is 3. The highest BCUT2D eigenvalue weighted by Crippen LogP contribution is 2.28. The predicted molar refractivity (Wildman–Crippen MR) is 62.9 cm³/mol. The highest BCUT2D eigenvalue weighted by Gasteiger charge is 2.12. The normalized spacial score (nSPS) is 12.8. The Kier molecular flexibility index (Phi) is 3.03. The summed E-state index contributed by atoms with van der Waals surface area (Å²) in [5.74, 6) is -0.280. The molecule has 0 amide bonds. The van der Waals surface area contributed by atoms with Crippen LogP contribution >= 0.6 is 11.3 Å². The second kappa shape index (κ2) is 4.31. The lowest BCUT2D eigenvalue weighted by Gasteiger charge is -2.01. The van der Waals surface area contributed by atoms with E-state index in [1.807, 2.05) is 6.92 Å². The number of benzene rings is 1. The Morgan fingerprint density at radius 1 is 1.44 bits per heavy atom. The van der Waals surface area contributed by atoms with E-state index in [4.69, 9.17) is 0 Å². The van der Waals surface area contributed by atoms with Crippen LogP contribution in [0.25, 0.3) is 10.6 Å². The Labute approximate surface area is 97.4 Å². The molecule has 0 fully saturated rings. The lowest BCUT2D eigenvalue weighted by Crippen LogP contribution is -1.91. The number of hydrogen-bond donors (Lipinski definition) is 1. The zero-order valence-corrected chi connectivity index (χ0v) is 9.88. The first kappa shape index (κ1) is 11.2. The van der Waals surface area contributed by atoms with Crippen molar-refractivity contribution in [2.24, 2.45) is 0 Å². The van der Waals surface area contributed by atoms with Gasteiger partial charge in [0.05, 0.1) is 11.8 Å². The Balaban J connectivity index is 2.46. The number of rotatable bonds is 2. The molecule has 1 aromatic heterocycles. The van der Waals surface area contributed by atoms with Crippen LogP contribution in [-0.4, -0.2) is 10.1 Å². The van der Waals surface area contributed by atoms with Crippen molar-refractivity contribution in [3.8, 4) is 10.6 Å². The molecule has 1 atom stereocenters. The molecule has 0 spiro atoms. The maximum absolute atomic E-state index is 13.6. The van der Waals surface area contributed by atoms with Crippen LogP contribution in [-0.2, 0) is 0 Å². The first-order valence-electron chi connectivity index (χ1n) is 4.98. The number of aliphatic hydroxyl groups is 1. The van der Waals surface area contributed by atoms with E-state index < -0.39 is 6.10 Å². The summed E-state index contributed by atoms with van der Waals surface area (Å²) in [5, 5.41) is 11.7. The lowest BCUT2D eigenvalue weighted by molar-refractivity contribution is 0.195. The van der Waals surface area contributed by atoms with Gasteiger partial charge in [0.25, 0.3) is 0 Å². The predicted octanol–water partition coefficient (Wildman–Crippen LogP) is 3.31. The van der Waals surface area contributed by atoms with Crippen LogP contribution in [0.5, 0.6) is 0 Å². The minimum atomic E-state index is -0.613. The van der Waals surface area contributed by atoms with Crippen molar-refractivity contribution in [1.29, 1.82) is 0 Å². The summed E-state index contributed by atoms with van der Waals surface area (Å²) in [6.45, 7) is 3.55. The Morgan fingerprint density at radius 2 is 2.19 bits per heavy atom. The van der Waals surface area contributed by atoms with Crippen molar-refractivity contribution in [1.82, 2.24) is 4.98 Å². The third kappa shape index (κ3) is 2.13. The molecule has 1 heterocycles. The summed E-state index contributed by atoms with van der Waals surface area (Å²) < 4.78 is 13.6. The topological polar surface area (TPSA) is 33.1 Å². The van der Waals surface area contributed by atoms with Gasteiger partial charge in [-0.3, -0.25) is 0 Å². The van der Waals surface area contributed by atoms with Crippen molar-refractivity contribution in [3.05, 3.63) is 40.7 Å². The van der Waals surface area contributed by atoms with Crippen LogP contribution in [0, 0.1) is 12.7 Å². The molecule has 2 rings (SSSR count). The number of thiazole rings is 1. The van der Waals surface area contributed by atoms with Gasteiger partial charge in [-0.25, -0.2) is 9.37 Å². The fourth-order valence-corrected chi connectivity index (χ4v) is 2.33. The van der Waals surface area contributed by atoms with Crippen molar-refractivity contribution in [3.63, 3.8) is 0 Å². The van der Waals surface area contributed by atoms with Crippen molar-refractivity contribution in [2.75, 3.05) is 0 Å². The van der Waals surface area contributed by atoms with E-state index in [0.717, 1.165) is 5.56 Å². The van der Waals surface area contributed by atoms with Crippen LogP contribution < -0.4 is 0 Å². The van der Waals surface area contributed by atoms with Gasteiger partial charge < -0.3 is 5.11 Å². The second-order valence-corrected chi connectivity index (χ2v) is 4.59. The average Bonchev–Trinajstić information content (AvgIpc) is 2.70. The van der Waals surface area contributed by atoms with Crippen LogP contribution in [0.2, 0.25) is 0 Å². The molecule has 0 radical (unpaired) electrons. The molecule has 16 heavy (non-hydrogen) atoms.